The summed E-state index contributed by atoms with van der Waals surface area (Å²) in [5.74, 6) is -0.474. The van der Waals surface area contributed by atoms with Crippen molar-refractivity contribution in [2.75, 3.05) is 7.05 Å². The number of sulfonamides is 1. The van der Waals surface area contributed by atoms with E-state index in [1.165, 1.54) is 27.0 Å². The summed E-state index contributed by atoms with van der Waals surface area (Å²) < 4.78 is 30.2. The zero-order valence-corrected chi connectivity index (χ0v) is 10.9. The van der Waals surface area contributed by atoms with E-state index in [4.69, 9.17) is 9.52 Å². The van der Waals surface area contributed by atoms with Crippen LogP contribution in [0.5, 0.6) is 0 Å². The van der Waals surface area contributed by atoms with Gasteiger partial charge in [-0.3, -0.25) is 4.79 Å². The first kappa shape index (κ1) is 13.7. The number of hydrogen-bond donors (Lipinski definition) is 1. The fraction of sp³-hybridized carbons (Fsp3) is 0.500. The Kier molecular flexibility index (Phi) is 3.63. The van der Waals surface area contributed by atoms with E-state index in [0.29, 0.717) is 5.76 Å². The molecule has 0 bridgehead atoms. The average molecular weight is 261 g/mol. The molecule has 0 amide bonds. The second-order valence-electron chi connectivity index (χ2n) is 3.81. The predicted octanol–water partition coefficient (Wildman–Crippen LogP) is 0.990. The molecule has 0 radical (unpaired) electrons. The van der Waals surface area contributed by atoms with E-state index >= 15 is 0 Å². The number of aliphatic carboxylic acids is 1. The highest BCUT2D eigenvalue weighted by atomic mass is 32.2. The molecule has 1 unspecified atom stereocenters. The number of carboxylic acids is 1. The summed E-state index contributed by atoms with van der Waals surface area (Å²) >= 11 is 0. The van der Waals surface area contributed by atoms with Crippen molar-refractivity contribution in [1.29, 1.82) is 0 Å². The van der Waals surface area contributed by atoms with Gasteiger partial charge >= 0.3 is 5.97 Å². The number of carboxylic acid groups (broad SMARTS) is 1. The highest BCUT2D eigenvalue weighted by Crippen LogP contribution is 2.23. The maximum absolute atomic E-state index is 12.1. The van der Waals surface area contributed by atoms with E-state index in [9.17, 15) is 13.2 Å². The number of nitrogens with zero attached hydrogens (tertiary/aromatic N) is 1. The van der Waals surface area contributed by atoms with Gasteiger partial charge in [-0.25, -0.2) is 8.42 Å². The fourth-order valence-electron chi connectivity index (χ4n) is 1.38. The van der Waals surface area contributed by atoms with Crippen molar-refractivity contribution in [2.45, 2.75) is 31.7 Å². The van der Waals surface area contributed by atoms with Crippen LogP contribution in [0.4, 0.5) is 0 Å². The Morgan fingerprint density at radius 2 is 2.00 bits per heavy atom. The van der Waals surface area contributed by atoms with Crippen molar-refractivity contribution < 1.29 is 22.7 Å². The van der Waals surface area contributed by atoms with Crippen LogP contribution in [0.15, 0.2) is 15.4 Å². The highest BCUT2D eigenvalue weighted by molar-refractivity contribution is 7.89. The molecule has 0 aliphatic carbocycles. The Hall–Kier alpha value is -1.34. The van der Waals surface area contributed by atoms with Crippen LogP contribution in [0.3, 0.4) is 0 Å². The van der Waals surface area contributed by atoms with Crippen LogP contribution in [0.25, 0.3) is 0 Å². The average Bonchev–Trinajstić information content (AvgIpc) is 2.56. The van der Waals surface area contributed by atoms with Gasteiger partial charge in [-0.05, 0) is 26.8 Å². The van der Waals surface area contributed by atoms with Crippen LogP contribution in [0.1, 0.15) is 18.4 Å². The van der Waals surface area contributed by atoms with Gasteiger partial charge in [0.2, 0.25) is 10.0 Å². The van der Waals surface area contributed by atoms with Crippen LogP contribution in [0.2, 0.25) is 0 Å². The minimum atomic E-state index is -3.83. The second-order valence-corrected chi connectivity index (χ2v) is 5.78. The van der Waals surface area contributed by atoms with Crippen molar-refractivity contribution in [1.82, 2.24) is 4.31 Å². The molecule has 0 spiro atoms. The van der Waals surface area contributed by atoms with Gasteiger partial charge in [0, 0.05) is 7.05 Å². The van der Waals surface area contributed by atoms with E-state index in [1.807, 2.05) is 0 Å². The van der Waals surface area contributed by atoms with Gasteiger partial charge in [0.25, 0.3) is 0 Å². The van der Waals surface area contributed by atoms with Crippen LogP contribution in [0, 0.1) is 13.8 Å². The zero-order chi connectivity index (χ0) is 13.4. The first-order valence-electron chi connectivity index (χ1n) is 4.95. The lowest BCUT2D eigenvalue weighted by Gasteiger charge is -2.20. The van der Waals surface area contributed by atoms with Crippen molar-refractivity contribution in [3.05, 3.63) is 17.6 Å². The van der Waals surface area contributed by atoms with Crippen LogP contribution < -0.4 is 0 Å². The Balaban J connectivity index is 3.20. The number of likely N-dealkylation sites (N-methyl/N-ethyl adjacent to an activating group) is 1. The van der Waals surface area contributed by atoms with E-state index < -0.39 is 22.0 Å². The van der Waals surface area contributed by atoms with Crippen LogP contribution in [-0.2, 0) is 14.8 Å². The SMILES string of the molecule is Cc1cc(S(=O)(=O)N(C)C(C)C(=O)O)c(C)o1. The van der Waals surface area contributed by atoms with E-state index in [2.05, 4.69) is 0 Å². The quantitative estimate of drug-likeness (QED) is 0.873. The summed E-state index contributed by atoms with van der Waals surface area (Å²) in [7, 11) is -2.60. The third kappa shape index (κ3) is 2.50. The lowest BCUT2D eigenvalue weighted by atomic mass is 10.4. The molecule has 7 heteroatoms. The first-order chi connectivity index (χ1) is 7.67. The maximum Gasteiger partial charge on any atom is 0.321 e. The van der Waals surface area contributed by atoms with Gasteiger partial charge in [0.05, 0.1) is 0 Å². The molecule has 0 saturated heterocycles. The number of carbonyl (C=O) groups is 1. The van der Waals surface area contributed by atoms with Crippen molar-refractivity contribution >= 4 is 16.0 Å². The number of rotatable bonds is 4. The summed E-state index contributed by atoms with van der Waals surface area (Å²) in [5.41, 5.74) is 0. The highest BCUT2D eigenvalue weighted by Gasteiger charge is 2.31. The maximum atomic E-state index is 12.1. The van der Waals surface area contributed by atoms with Gasteiger partial charge in [-0.15, -0.1) is 0 Å². The molecule has 96 valence electrons. The molecule has 1 atom stereocenters. The molecular formula is C10H15NO5S. The van der Waals surface area contributed by atoms with Crippen molar-refractivity contribution in [3.8, 4) is 0 Å². The molecule has 1 rings (SSSR count). The van der Waals surface area contributed by atoms with Crippen LogP contribution in [-0.4, -0.2) is 36.9 Å². The third-order valence-corrected chi connectivity index (χ3v) is 4.59. The smallest absolute Gasteiger partial charge is 0.321 e. The Morgan fingerprint density at radius 3 is 2.35 bits per heavy atom. The van der Waals surface area contributed by atoms with Gasteiger partial charge in [0.1, 0.15) is 22.5 Å². The fourth-order valence-corrected chi connectivity index (χ4v) is 2.92. The minimum Gasteiger partial charge on any atom is -0.480 e. The second kappa shape index (κ2) is 4.50. The third-order valence-electron chi connectivity index (χ3n) is 2.56. The van der Waals surface area contributed by atoms with E-state index in [-0.39, 0.29) is 10.7 Å². The Labute approximate surface area is 99.9 Å². The monoisotopic (exact) mass is 261 g/mol. The van der Waals surface area contributed by atoms with E-state index in [0.717, 1.165) is 4.31 Å². The molecule has 0 aliphatic heterocycles. The Morgan fingerprint density at radius 1 is 1.47 bits per heavy atom. The standard InChI is InChI=1S/C10H15NO5S/c1-6-5-9(8(3)16-6)17(14,15)11(4)7(2)10(12)13/h5,7H,1-4H3,(H,12,13). The van der Waals surface area contributed by atoms with E-state index in [1.54, 1.807) is 6.92 Å². The van der Waals surface area contributed by atoms with Gasteiger partial charge in [0.15, 0.2) is 0 Å². The predicted molar refractivity (Wildman–Crippen MR) is 60.2 cm³/mol. The minimum absolute atomic E-state index is 0.00519. The molecule has 0 saturated carbocycles. The summed E-state index contributed by atoms with van der Waals surface area (Å²) in [6.45, 7) is 4.47. The summed E-state index contributed by atoms with van der Waals surface area (Å²) in [4.78, 5) is 10.8. The van der Waals surface area contributed by atoms with Gasteiger partial charge < -0.3 is 9.52 Å². The molecule has 1 heterocycles. The molecule has 1 aromatic rings. The largest absolute Gasteiger partial charge is 0.480 e. The topological polar surface area (TPSA) is 87.8 Å². The van der Waals surface area contributed by atoms with Crippen LogP contribution >= 0.6 is 0 Å². The number of aryl methyl sites for hydroxylation is 2. The Bertz CT molecular complexity index is 531. The first-order valence-corrected chi connectivity index (χ1v) is 6.39. The van der Waals surface area contributed by atoms with Gasteiger partial charge in [-0.2, -0.15) is 4.31 Å². The molecule has 0 aliphatic rings. The molecule has 0 fully saturated rings. The summed E-state index contributed by atoms with van der Waals surface area (Å²) in [5, 5.41) is 8.81. The molecular weight excluding hydrogens is 246 g/mol. The molecule has 17 heavy (non-hydrogen) atoms. The normalized spacial score (nSPS) is 13.9. The van der Waals surface area contributed by atoms with Crippen molar-refractivity contribution in [2.24, 2.45) is 0 Å². The molecule has 0 aromatic carbocycles. The lowest BCUT2D eigenvalue weighted by molar-refractivity contribution is -0.140. The zero-order valence-electron chi connectivity index (χ0n) is 10.1. The lowest BCUT2D eigenvalue weighted by Crippen LogP contribution is -2.40. The molecule has 1 N–H and O–H groups in total. The van der Waals surface area contributed by atoms with Crippen molar-refractivity contribution in [3.63, 3.8) is 0 Å². The summed E-state index contributed by atoms with van der Waals surface area (Å²) in [6.07, 6.45) is 0. The number of hydrogen-bond acceptors (Lipinski definition) is 4. The molecule has 6 nitrogen and oxygen atoms in total. The molecule has 1 aromatic heterocycles. The summed E-state index contributed by atoms with van der Waals surface area (Å²) in [6, 6.07) is 0.255. The van der Waals surface area contributed by atoms with Gasteiger partial charge in [-0.1, -0.05) is 0 Å². The number of furan rings is 1.